The summed E-state index contributed by atoms with van der Waals surface area (Å²) in [5.74, 6) is 0.0328. The van der Waals surface area contributed by atoms with Crippen LogP contribution in [0, 0.1) is 6.92 Å². The monoisotopic (exact) mass is 268 g/mol. The highest BCUT2D eigenvalue weighted by atomic mass is 35.5. The van der Waals surface area contributed by atoms with Crippen LogP contribution in [-0.2, 0) is 0 Å². The van der Waals surface area contributed by atoms with Crippen LogP contribution in [0.1, 0.15) is 41.6 Å². The summed E-state index contributed by atoms with van der Waals surface area (Å²) in [6, 6.07) is 8.29. The highest BCUT2D eigenvalue weighted by Crippen LogP contribution is 2.17. The van der Waals surface area contributed by atoms with E-state index in [0.717, 1.165) is 31.2 Å². The number of rotatable bonds is 2. The van der Waals surface area contributed by atoms with E-state index in [1.165, 1.54) is 5.56 Å². The Morgan fingerprint density at radius 1 is 1.17 bits per heavy atom. The number of aryl methyl sites for hydroxylation is 1. The second-order valence-electron chi connectivity index (χ2n) is 4.95. The van der Waals surface area contributed by atoms with E-state index < -0.39 is 0 Å². The summed E-state index contributed by atoms with van der Waals surface area (Å²) in [6.45, 7) is 2.02. The van der Waals surface area contributed by atoms with E-state index >= 15 is 0 Å². The quantitative estimate of drug-likeness (QED) is 0.866. The number of amides is 1. The fourth-order valence-electron chi connectivity index (χ4n) is 2.24. The van der Waals surface area contributed by atoms with Gasteiger partial charge in [0.2, 0.25) is 0 Å². The fourth-order valence-corrected chi connectivity index (χ4v) is 2.24. The first-order chi connectivity index (χ1) is 8.15. The van der Waals surface area contributed by atoms with Gasteiger partial charge in [-0.25, -0.2) is 0 Å². The topological polar surface area (TPSA) is 55.1 Å². The summed E-state index contributed by atoms with van der Waals surface area (Å²) in [4.78, 5) is 12.0. The van der Waals surface area contributed by atoms with Gasteiger partial charge in [-0.15, -0.1) is 12.4 Å². The molecule has 0 heterocycles. The molecular weight excluding hydrogens is 248 g/mol. The number of nitrogens with two attached hydrogens (primary N) is 1. The Bertz CT molecular complexity index is 383. The summed E-state index contributed by atoms with van der Waals surface area (Å²) in [5, 5.41) is 3.08. The van der Waals surface area contributed by atoms with Crippen molar-refractivity contribution in [1.29, 1.82) is 0 Å². The zero-order valence-corrected chi connectivity index (χ0v) is 11.5. The lowest BCUT2D eigenvalue weighted by Crippen LogP contribution is -2.40. The molecule has 1 aliphatic rings. The van der Waals surface area contributed by atoms with Gasteiger partial charge in [0.25, 0.3) is 5.91 Å². The average molecular weight is 269 g/mol. The molecule has 0 atom stereocenters. The van der Waals surface area contributed by atoms with Crippen molar-refractivity contribution in [3.8, 4) is 0 Å². The standard InChI is InChI=1S/C14H20N2O.ClH/c1-10-2-4-11(5-3-10)14(17)16-13-8-6-12(15)7-9-13;/h2-5,12-13H,6-9,15H2,1H3,(H,16,17);1H. The van der Waals surface area contributed by atoms with E-state index in [4.69, 9.17) is 5.73 Å². The van der Waals surface area contributed by atoms with Crippen molar-refractivity contribution in [3.05, 3.63) is 35.4 Å². The van der Waals surface area contributed by atoms with Gasteiger partial charge >= 0.3 is 0 Å². The molecule has 4 heteroatoms. The van der Waals surface area contributed by atoms with Crippen molar-refractivity contribution < 1.29 is 4.79 Å². The van der Waals surface area contributed by atoms with Crippen molar-refractivity contribution in [2.45, 2.75) is 44.7 Å². The van der Waals surface area contributed by atoms with Crippen molar-refractivity contribution >= 4 is 18.3 Å². The molecule has 0 saturated heterocycles. The van der Waals surface area contributed by atoms with E-state index in [0.29, 0.717) is 12.1 Å². The van der Waals surface area contributed by atoms with Crippen LogP contribution in [0.5, 0.6) is 0 Å². The Morgan fingerprint density at radius 3 is 2.28 bits per heavy atom. The van der Waals surface area contributed by atoms with Gasteiger partial charge in [-0.2, -0.15) is 0 Å². The van der Waals surface area contributed by atoms with Gasteiger partial charge < -0.3 is 11.1 Å². The molecule has 1 aromatic carbocycles. The molecule has 1 aliphatic carbocycles. The maximum Gasteiger partial charge on any atom is 0.251 e. The normalized spacial score (nSPS) is 23.0. The lowest BCUT2D eigenvalue weighted by molar-refractivity contribution is 0.0926. The molecule has 1 saturated carbocycles. The molecule has 0 radical (unpaired) electrons. The second-order valence-corrected chi connectivity index (χ2v) is 4.95. The van der Waals surface area contributed by atoms with Crippen LogP contribution in [0.25, 0.3) is 0 Å². The summed E-state index contributed by atoms with van der Waals surface area (Å²) >= 11 is 0. The molecule has 1 amide bonds. The summed E-state index contributed by atoms with van der Waals surface area (Å²) in [5.41, 5.74) is 7.76. The fraction of sp³-hybridized carbons (Fsp3) is 0.500. The van der Waals surface area contributed by atoms with Gasteiger partial charge in [0.1, 0.15) is 0 Å². The van der Waals surface area contributed by atoms with Crippen LogP contribution < -0.4 is 11.1 Å². The molecule has 3 N–H and O–H groups in total. The maximum absolute atomic E-state index is 12.0. The number of halogens is 1. The van der Waals surface area contributed by atoms with Gasteiger partial charge in [0.05, 0.1) is 0 Å². The third-order valence-corrected chi connectivity index (χ3v) is 3.42. The molecule has 2 rings (SSSR count). The van der Waals surface area contributed by atoms with Crippen LogP contribution in [-0.4, -0.2) is 18.0 Å². The highest BCUT2D eigenvalue weighted by molar-refractivity contribution is 5.94. The lowest BCUT2D eigenvalue weighted by atomic mass is 9.91. The van der Waals surface area contributed by atoms with Gasteiger partial charge in [0.15, 0.2) is 0 Å². The number of carbonyl (C=O) groups excluding carboxylic acids is 1. The Labute approximate surface area is 115 Å². The van der Waals surface area contributed by atoms with Crippen LogP contribution in [0.2, 0.25) is 0 Å². The third-order valence-electron chi connectivity index (χ3n) is 3.42. The summed E-state index contributed by atoms with van der Waals surface area (Å²) in [6.07, 6.45) is 4.02. The number of carbonyl (C=O) groups is 1. The molecular formula is C14H21ClN2O. The Hall–Kier alpha value is -1.06. The highest BCUT2D eigenvalue weighted by Gasteiger charge is 2.20. The molecule has 18 heavy (non-hydrogen) atoms. The smallest absolute Gasteiger partial charge is 0.251 e. The van der Waals surface area contributed by atoms with Crippen molar-refractivity contribution in [2.24, 2.45) is 5.73 Å². The molecule has 1 fully saturated rings. The average Bonchev–Trinajstić information content (AvgIpc) is 2.33. The van der Waals surface area contributed by atoms with E-state index in [-0.39, 0.29) is 18.3 Å². The van der Waals surface area contributed by atoms with E-state index in [9.17, 15) is 4.79 Å². The molecule has 100 valence electrons. The van der Waals surface area contributed by atoms with E-state index in [1.54, 1.807) is 0 Å². The molecule has 0 spiro atoms. The minimum absolute atomic E-state index is 0. The number of hydrogen-bond donors (Lipinski definition) is 2. The van der Waals surface area contributed by atoms with E-state index in [1.807, 2.05) is 31.2 Å². The van der Waals surface area contributed by atoms with Crippen molar-refractivity contribution in [2.75, 3.05) is 0 Å². The minimum Gasteiger partial charge on any atom is -0.349 e. The van der Waals surface area contributed by atoms with Gasteiger partial charge in [-0.3, -0.25) is 4.79 Å². The predicted molar refractivity (Wildman–Crippen MR) is 76.1 cm³/mol. The zero-order chi connectivity index (χ0) is 12.3. The Morgan fingerprint density at radius 2 is 1.72 bits per heavy atom. The Kier molecular flexibility index (Phi) is 5.63. The predicted octanol–water partition coefficient (Wildman–Crippen LogP) is 2.42. The van der Waals surface area contributed by atoms with Crippen LogP contribution in [0.3, 0.4) is 0 Å². The van der Waals surface area contributed by atoms with E-state index in [2.05, 4.69) is 5.32 Å². The van der Waals surface area contributed by atoms with Crippen LogP contribution in [0.4, 0.5) is 0 Å². The van der Waals surface area contributed by atoms with Gasteiger partial charge in [-0.05, 0) is 44.7 Å². The summed E-state index contributed by atoms with van der Waals surface area (Å²) in [7, 11) is 0. The first-order valence-electron chi connectivity index (χ1n) is 6.28. The Balaban J connectivity index is 0.00000162. The summed E-state index contributed by atoms with van der Waals surface area (Å²) < 4.78 is 0. The number of nitrogens with one attached hydrogen (secondary N) is 1. The molecule has 0 aliphatic heterocycles. The number of benzene rings is 1. The largest absolute Gasteiger partial charge is 0.349 e. The minimum atomic E-state index is 0. The van der Waals surface area contributed by atoms with Crippen molar-refractivity contribution in [1.82, 2.24) is 5.32 Å². The maximum atomic E-state index is 12.0. The number of hydrogen-bond acceptors (Lipinski definition) is 2. The van der Waals surface area contributed by atoms with Crippen LogP contribution in [0.15, 0.2) is 24.3 Å². The third kappa shape index (κ3) is 4.00. The molecule has 0 aromatic heterocycles. The van der Waals surface area contributed by atoms with Gasteiger partial charge in [0, 0.05) is 17.6 Å². The zero-order valence-electron chi connectivity index (χ0n) is 10.7. The molecule has 1 aromatic rings. The SMILES string of the molecule is Cc1ccc(C(=O)NC2CCC(N)CC2)cc1.Cl. The first kappa shape index (κ1) is 15.0. The molecule has 0 bridgehead atoms. The second kappa shape index (κ2) is 6.76. The van der Waals surface area contributed by atoms with Crippen LogP contribution >= 0.6 is 12.4 Å². The molecule has 0 unspecified atom stereocenters. The first-order valence-corrected chi connectivity index (χ1v) is 6.28. The van der Waals surface area contributed by atoms with Gasteiger partial charge in [-0.1, -0.05) is 17.7 Å². The lowest BCUT2D eigenvalue weighted by Gasteiger charge is -2.26. The van der Waals surface area contributed by atoms with Crippen molar-refractivity contribution in [3.63, 3.8) is 0 Å². The molecule has 3 nitrogen and oxygen atoms in total.